The molecule has 5 rings (SSSR count). The molecule has 180 valence electrons. The second kappa shape index (κ2) is 8.47. The summed E-state index contributed by atoms with van der Waals surface area (Å²) in [7, 11) is 3.13. The number of oxime groups is 1. The van der Waals surface area contributed by atoms with E-state index in [1.54, 1.807) is 34.7 Å². The average Bonchev–Trinajstić information content (AvgIpc) is 3.44. The molecule has 0 aliphatic carbocycles. The molecule has 1 fully saturated rings. The van der Waals surface area contributed by atoms with Crippen molar-refractivity contribution < 1.29 is 28.9 Å². The molecule has 0 saturated carbocycles. The van der Waals surface area contributed by atoms with Gasteiger partial charge in [0.1, 0.15) is 29.9 Å². The summed E-state index contributed by atoms with van der Waals surface area (Å²) in [5, 5.41) is 18.2. The van der Waals surface area contributed by atoms with Gasteiger partial charge in [-0.15, -0.1) is 11.3 Å². The van der Waals surface area contributed by atoms with E-state index in [4.69, 9.17) is 10.6 Å². The minimum Gasteiger partial charge on any atom is -0.476 e. The Hall–Kier alpha value is -4.33. The van der Waals surface area contributed by atoms with E-state index in [1.807, 2.05) is 11.6 Å². The van der Waals surface area contributed by atoms with Gasteiger partial charge < -0.3 is 25.6 Å². The number of hydrogen-bond donors (Lipinski definition) is 3. The molecule has 4 N–H and O–H groups in total. The van der Waals surface area contributed by atoms with E-state index in [2.05, 4.69) is 20.4 Å². The smallest absolute Gasteiger partial charge is 0.359 e. The molecule has 0 spiro atoms. The Balaban J connectivity index is 1.42. The van der Waals surface area contributed by atoms with Crippen molar-refractivity contribution in [3.8, 4) is 0 Å². The van der Waals surface area contributed by atoms with Crippen LogP contribution in [0.5, 0.6) is 0 Å². The van der Waals surface area contributed by atoms with Gasteiger partial charge in [-0.1, -0.05) is 5.16 Å². The molecule has 0 aromatic carbocycles. The molecule has 14 heteroatoms. The Bertz CT molecular complexity index is 1440. The van der Waals surface area contributed by atoms with Crippen LogP contribution in [0, 0.1) is 0 Å². The number of aromatic nitrogens is 4. The lowest BCUT2D eigenvalue weighted by molar-refractivity contribution is -0.583. The predicted octanol–water partition coefficient (Wildman–Crippen LogP) is -0.307. The molecule has 3 aromatic heterocycles. The number of aliphatic carboxylic acids is 1. The first-order valence-electron chi connectivity index (χ1n) is 10.6. The first-order valence-corrected chi connectivity index (χ1v) is 11.4. The average molecular weight is 498 g/mol. The van der Waals surface area contributed by atoms with Crippen LogP contribution in [0.4, 0.5) is 5.13 Å². The molecular formula is C21H21N8O5S+. The van der Waals surface area contributed by atoms with Crippen LogP contribution in [0.15, 0.2) is 41.0 Å². The van der Waals surface area contributed by atoms with Gasteiger partial charge in [-0.25, -0.2) is 14.8 Å². The van der Waals surface area contributed by atoms with Gasteiger partial charge in [0.05, 0.1) is 12.4 Å². The van der Waals surface area contributed by atoms with Crippen LogP contribution in [-0.4, -0.2) is 67.2 Å². The number of thiazole rings is 1. The Morgan fingerprint density at radius 2 is 2.23 bits per heavy atom. The third-order valence-electron chi connectivity index (χ3n) is 6.04. The number of anilines is 1. The van der Waals surface area contributed by atoms with Crippen molar-refractivity contribution in [3.63, 3.8) is 0 Å². The summed E-state index contributed by atoms with van der Waals surface area (Å²) >= 11 is 1.13. The molecule has 2 amide bonds. The summed E-state index contributed by atoms with van der Waals surface area (Å²) in [6.07, 6.45) is 6.03. The fourth-order valence-electron chi connectivity index (χ4n) is 4.43. The highest BCUT2D eigenvalue weighted by Gasteiger charge is 2.55. The quantitative estimate of drug-likeness (QED) is 0.180. The number of amides is 2. The van der Waals surface area contributed by atoms with Crippen molar-refractivity contribution in [1.82, 2.24) is 24.8 Å². The van der Waals surface area contributed by atoms with Crippen LogP contribution in [0.2, 0.25) is 0 Å². The van der Waals surface area contributed by atoms with E-state index in [9.17, 15) is 19.5 Å². The lowest BCUT2D eigenvalue weighted by atomic mass is 9.85. The number of imidazole rings is 1. The van der Waals surface area contributed by atoms with Gasteiger partial charge in [0, 0.05) is 24.9 Å². The maximum absolute atomic E-state index is 13.1. The molecular weight excluding hydrogens is 476 g/mol. The number of pyridine rings is 1. The molecule has 3 aromatic rings. The largest absolute Gasteiger partial charge is 0.476 e. The zero-order valence-corrected chi connectivity index (χ0v) is 19.5. The zero-order valence-electron chi connectivity index (χ0n) is 18.7. The third-order valence-corrected chi connectivity index (χ3v) is 6.71. The van der Waals surface area contributed by atoms with Crippen LogP contribution >= 0.6 is 11.3 Å². The Morgan fingerprint density at radius 1 is 1.43 bits per heavy atom. The summed E-state index contributed by atoms with van der Waals surface area (Å²) in [4.78, 5) is 52.5. The maximum atomic E-state index is 13.1. The fourth-order valence-corrected chi connectivity index (χ4v) is 4.98. The summed E-state index contributed by atoms with van der Waals surface area (Å²) in [6, 6.07) is 0.379. The van der Waals surface area contributed by atoms with Gasteiger partial charge >= 0.3 is 5.97 Å². The highest BCUT2D eigenvalue weighted by Crippen LogP contribution is 2.37. The van der Waals surface area contributed by atoms with E-state index in [0.29, 0.717) is 18.5 Å². The van der Waals surface area contributed by atoms with Gasteiger partial charge in [0.2, 0.25) is 11.9 Å². The maximum Gasteiger partial charge on any atom is 0.359 e. The Morgan fingerprint density at radius 3 is 2.91 bits per heavy atom. The van der Waals surface area contributed by atoms with Crippen LogP contribution < -0.4 is 15.6 Å². The molecule has 13 nitrogen and oxygen atoms in total. The summed E-state index contributed by atoms with van der Waals surface area (Å²) in [5.41, 5.74) is 7.70. The molecule has 2 aliphatic heterocycles. The van der Waals surface area contributed by atoms with Crippen LogP contribution in [0.3, 0.4) is 0 Å². The lowest BCUT2D eigenvalue weighted by Gasteiger charge is -2.48. The zero-order chi connectivity index (χ0) is 24.9. The standard InChI is InChI=1S/C21H20N8O5S/c1-27-9-23-10-5-6-28(7-14(10)27)13-4-3-12-16(19(31)29(12)17(13)20(32)33)25-18(30)15(26-34-2)11-8-35-21(22)24-11/h5-9,12,16H,3-4H2,1-2H3,(H3-,22,24,25,30,32,33)/p+1. The molecule has 1 saturated heterocycles. The van der Waals surface area contributed by atoms with Crippen molar-refractivity contribution in [3.05, 3.63) is 41.6 Å². The summed E-state index contributed by atoms with van der Waals surface area (Å²) in [6.45, 7) is 0. The number of rotatable bonds is 6. The van der Waals surface area contributed by atoms with Crippen molar-refractivity contribution >= 4 is 56.7 Å². The third kappa shape index (κ3) is 3.67. The minimum atomic E-state index is -1.22. The fraction of sp³-hybridized carbons (Fsp3) is 0.286. The van der Waals surface area contributed by atoms with Crippen molar-refractivity contribution in [2.24, 2.45) is 12.2 Å². The number of nitrogens with zero attached hydrogens (tertiary/aromatic N) is 6. The first-order chi connectivity index (χ1) is 16.8. The van der Waals surface area contributed by atoms with Crippen molar-refractivity contribution in [1.29, 1.82) is 0 Å². The van der Waals surface area contributed by atoms with E-state index >= 15 is 0 Å². The number of β-lactam (4-membered cyclic amide) rings is 1. The Labute approximate surface area is 202 Å². The number of nitrogens with two attached hydrogens (primary N) is 1. The molecule has 2 unspecified atom stereocenters. The number of carbonyl (C=O) groups excluding carboxylic acids is 2. The predicted molar refractivity (Wildman–Crippen MR) is 124 cm³/mol. The summed E-state index contributed by atoms with van der Waals surface area (Å²) < 4.78 is 3.53. The van der Waals surface area contributed by atoms with E-state index in [0.717, 1.165) is 22.4 Å². The van der Waals surface area contributed by atoms with Crippen molar-refractivity contribution in [2.75, 3.05) is 12.8 Å². The number of fused-ring (bicyclic) bond motifs is 2. The number of carbonyl (C=O) groups is 3. The monoisotopic (exact) mass is 497 g/mol. The highest BCUT2D eigenvalue weighted by molar-refractivity contribution is 7.13. The lowest BCUT2D eigenvalue weighted by Crippen LogP contribution is -2.72. The number of carboxylic acids is 1. The van der Waals surface area contributed by atoms with Crippen LogP contribution in [-0.2, 0) is 26.3 Å². The summed E-state index contributed by atoms with van der Waals surface area (Å²) in [5.74, 6) is -2.41. The molecule has 35 heavy (non-hydrogen) atoms. The molecule has 0 radical (unpaired) electrons. The second-order valence-corrected chi connectivity index (χ2v) is 8.93. The first kappa shape index (κ1) is 22.5. The highest BCUT2D eigenvalue weighted by atomic mass is 32.1. The SMILES string of the molecule is CON=C(C(=O)NC1C(=O)N2C(C(=O)O)=C([n+]3ccc4ncn(C)c4c3)CCC12)c1csc(N)n1. The molecule has 5 heterocycles. The van der Waals surface area contributed by atoms with Gasteiger partial charge in [-0.3, -0.25) is 14.5 Å². The number of allylic oxidation sites excluding steroid dienone is 1. The van der Waals surface area contributed by atoms with Crippen molar-refractivity contribution in [2.45, 2.75) is 24.9 Å². The minimum absolute atomic E-state index is 0.110. The van der Waals surface area contributed by atoms with Gasteiger partial charge in [0.25, 0.3) is 11.8 Å². The second-order valence-electron chi connectivity index (χ2n) is 8.04. The topological polar surface area (TPSA) is 169 Å². The number of carboxylic acid groups (broad SMARTS) is 1. The molecule has 2 aliphatic rings. The van der Waals surface area contributed by atoms with Gasteiger partial charge in [-0.2, -0.15) is 4.57 Å². The Kier molecular flexibility index (Phi) is 5.43. The normalized spacial score (nSPS) is 20.0. The van der Waals surface area contributed by atoms with E-state index < -0.39 is 29.9 Å². The van der Waals surface area contributed by atoms with Crippen LogP contribution in [0.25, 0.3) is 16.7 Å². The van der Waals surface area contributed by atoms with Gasteiger partial charge in [0.15, 0.2) is 22.7 Å². The van der Waals surface area contributed by atoms with E-state index in [1.165, 1.54) is 12.0 Å². The van der Waals surface area contributed by atoms with E-state index in [-0.39, 0.29) is 22.2 Å². The molecule has 2 atom stereocenters. The number of nitrogens with one attached hydrogen (secondary N) is 1. The molecule has 0 bridgehead atoms. The van der Waals surface area contributed by atoms with Crippen LogP contribution in [0.1, 0.15) is 18.5 Å². The number of aryl methyl sites for hydroxylation is 1. The number of nitrogen functional groups attached to an aromatic ring is 1. The number of hydrogen-bond acceptors (Lipinski definition) is 9. The van der Waals surface area contributed by atoms with Gasteiger partial charge in [-0.05, 0) is 6.42 Å².